The molecule has 2 aliphatic rings. The van der Waals surface area contributed by atoms with Crippen LogP contribution in [0.1, 0.15) is 30.7 Å². The van der Waals surface area contributed by atoms with Crippen LogP contribution in [0.2, 0.25) is 0 Å². The van der Waals surface area contributed by atoms with Crippen molar-refractivity contribution in [3.8, 4) is 0 Å². The highest BCUT2D eigenvalue weighted by Crippen LogP contribution is 2.32. The van der Waals surface area contributed by atoms with Crippen molar-refractivity contribution in [1.82, 2.24) is 24.5 Å². The minimum atomic E-state index is 0.147. The SMILES string of the molecule is Cc1cc(N2CCN3C(=O)[C@@H](CCCc4cccc5ncnn45)C[C@H]3C2)ccn1. The van der Waals surface area contributed by atoms with Crippen LogP contribution in [0.5, 0.6) is 0 Å². The number of nitrogens with zero attached hydrogens (tertiary/aromatic N) is 6. The number of fused-ring (bicyclic) bond motifs is 2. The van der Waals surface area contributed by atoms with Gasteiger partial charge in [0.1, 0.15) is 6.33 Å². The van der Waals surface area contributed by atoms with Crippen molar-refractivity contribution in [2.24, 2.45) is 5.92 Å². The number of hydrogen-bond donors (Lipinski definition) is 0. The fourth-order valence-electron chi connectivity index (χ4n) is 4.83. The van der Waals surface area contributed by atoms with Gasteiger partial charge in [-0.25, -0.2) is 9.50 Å². The molecule has 1 amide bonds. The van der Waals surface area contributed by atoms with Crippen molar-refractivity contribution in [3.05, 3.63) is 54.2 Å². The van der Waals surface area contributed by atoms with Crippen molar-refractivity contribution in [3.63, 3.8) is 0 Å². The molecule has 3 aromatic rings. The Bertz CT molecular complexity index is 1030. The average molecular weight is 390 g/mol. The van der Waals surface area contributed by atoms with E-state index >= 15 is 0 Å². The van der Waals surface area contributed by atoms with E-state index in [1.54, 1.807) is 6.33 Å². The molecular formula is C22H26N6O. The Morgan fingerprint density at radius 3 is 3.00 bits per heavy atom. The van der Waals surface area contributed by atoms with Crippen LogP contribution in [0, 0.1) is 12.8 Å². The summed E-state index contributed by atoms with van der Waals surface area (Å²) in [6, 6.07) is 10.6. The van der Waals surface area contributed by atoms with Crippen LogP contribution in [-0.2, 0) is 11.2 Å². The molecular weight excluding hydrogens is 364 g/mol. The van der Waals surface area contributed by atoms with Crippen LogP contribution >= 0.6 is 0 Å². The highest BCUT2D eigenvalue weighted by Gasteiger charge is 2.41. The molecule has 150 valence electrons. The Kier molecular flexibility index (Phi) is 4.66. The monoisotopic (exact) mass is 390 g/mol. The van der Waals surface area contributed by atoms with E-state index in [2.05, 4.69) is 43.1 Å². The second-order valence-electron chi connectivity index (χ2n) is 8.16. The summed E-state index contributed by atoms with van der Waals surface area (Å²) in [5.74, 6) is 0.494. The highest BCUT2D eigenvalue weighted by molar-refractivity contribution is 5.82. The fraction of sp³-hybridized carbons (Fsp3) is 0.455. The molecule has 0 spiro atoms. The molecule has 7 heteroatoms. The normalized spacial score (nSPS) is 21.8. The highest BCUT2D eigenvalue weighted by atomic mass is 16.2. The molecule has 2 atom stereocenters. The predicted molar refractivity (Wildman–Crippen MR) is 111 cm³/mol. The Balaban J connectivity index is 1.20. The van der Waals surface area contributed by atoms with Gasteiger partial charge in [-0.05, 0) is 56.9 Å². The summed E-state index contributed by atoms with van der Waals surface area (Å²) in [6.07, 6.45) is 7.27. The van der Waals surface area contributed by atoms with Crippen LogP contribution in [0.25, 0.3) is 5.65 Å². The first-order valence-corrected chi connectivity index (χ1v) is 10.4. The van der Waals surface area contributed by atoms with Gasteiger partial charge in [-0.3, -0.25) is 9.78 Å². The number of pyridine rings is 2. The van der Waals surface area contributed by atoms with Crippen molar-refractivity contribution >= 4 is 17.2 Å². The first-order chi connectivity index (χ1) is 14.2. The molecule has 2 saturated heterocycles. The Morgan fingerprint density at radius 2 is 2.10 bits per heavy atom. The zero-order valence-electron chi connectivity index (χ0n) is 16.7. The number of hydrogen-bond acceptors (Lipinski definition) is 5. The fourth-order valence-corrected chi connectivity index (χ4v) is 4.83. The Morgan fingerprint density at radius 1 is 1.17 bits per heavy atom. The summed E-state index contributed by atoms with van der Waals surface area (Å²) in [4.78, 5) is 26.0. The number of aryl methyl sites for hydroxylation is 2. The van der Waals surface area contributed by atoms with E-state index in [1.165, 1.54) is 5.69 Å². The van der Waals surface area contributed by atoms with E-state index in [-0.39, 0.29) is 5.92 Å². The number of anilines is 1. The van der Waals surface area contributed by atoms with Gasteiger partial charge < -0.3 is 9.80 Å². The summed E-state index contributed by atoms with van der Waals surface area (Å²) in [5, 5.41) is 4.31. The van der Waals surface area contributed by atoms with Gasteiger partial charge in [-0.1, -0.05) is 6.07 Å². The van der Waals surface area contributed by atoms with Crippen LogP contribution in [0.15, 0.2) is 42.9 Å². The average Bonchev–Trinajstić information content (AvgIpc) is 3.33. The van der Waals surface area contributed by atoms with Crippen molar-refractivity contribution < 1.29 is 4.79 Å². The molecule has 0 aromatic carbocycles. The summed E-state index contributed by atoms with van der Waals surface area (Å²) in [5.41, 5.74) is 4.28. The molecule has 0 N–H and O–H groups in total. The van der Waals surface area contributed by atoms with Gasteiger partial charge >= 0.3 is 0 Å². The number of aromatic nitrogens is 4. The van der Waals surface area contributed by atoms with Crippen LogP contribution in [-0.4, -0.2) is 56.1 Å². The molecule has 0 radical (unpaired) electrons. The number of piperazine rings is 1. The second kappa shape index (κ2) is 7.46. The molecule has 29 heavy (non-hydrogen) atoms. The van der Waals surface area contributed by atoms with E-state index in [0.29, 0.717) is 11.9 Å². The van der Waals surface area contributed by atoms with Crippen molar-refractivity contribution in [2.45, 2.75) is 38.6 Å². The van der Waals surface area contributed by atoms with Gasteiger partial charge in [0, 0.05) is 48.8 Å². The van der Waals surface area contributed by atoms with Crippen LogP contribution in [0.3, 0.4) is 0 Å². The maximum Gasteiger partial charge on any atom is 0.226 e. The molecule has 0 bridgehead atoms. The first-order valence-electron chi connectivity index (χ1n) is 10.4. The number of rotatable bonds is 5. The van der Waals surface area contributed by atoms with Crippen molar-refractivity contribution in [2.75, 3.05) is 24.5 Å². The molecule has 5 rings (SSSR count). The molecule has 0 unspecified atom stereocenters. The number of carbonyl (C=O) groups excluding carboxylic acids is 1. The zero-order valence-corrected chi connectivity index (χ0v) is 16.7. The van der Waals surface area contributed by atoms with E-state index in [1.807, 2.05) is 29.8 Å². The third-order valence-corrected chi connectivity index (χ3v) is 6.28. The van der Waals surface area contributed by atoms with Gasteiger partial charge in [0.05, 0.1) is 6.04 Å². The van der Waals surface area contributed by atoms with E-state index < -0.39 is 0 Å². The Hall–Kier alpha value is -2.96. The summed E-state index contributed by atoms with van der Waals surface area (Å²) in [7, 11) is 0. The van der Waals surface area contributed by atoms with Crippen molar-refractivity contribution in [1.29, 1.82) is 0 Å². The minimum Gasteiger partial charge on any atom is -0.368 e. The lowest BCUT2D eigenvalue weighted by molar-refractivity contribution is -0.132. The quantitative estimate of drug-likeness (QED) is 0.670. The van der Waals surface area contributed by atoms with Crippen LogP contribution < -0.4 is 4.90 Å². The number of carbonyl (C=O) groups is 1. The molecule has 2 aliphatic heterocycles. The molecule has 0 aliphatic carbocycles. The third-order valence-electron chi connectivity index (χ3n) is 6.28. The largest absolute Gasteiger partial charge is 0.368 e. The smallest absolute Gasteiger partial charge is 0.226 e. The minimum absolute atomic E-state index is 0.147. The summed E-state index contributed by atoms with van der Waals surface area (Å²) >= 11 is 0. The lowest BCUT2D eigenvalue weighted by Gasteiger charge is -2.38. The van der Waals surface area contributed by atoms with Gasteiger partial charge in [-0.15, -0.1) is 0 Å². The second-order valence-corrected chi connectivity index (χ2v) is 8.16. The van der Waals surface area contributed by atoms with Gasteiger partial charge in [0.25, 0.3) is 0 Å². The van der Waals surface area contributed by atoms with Gasteiger partial charge in [0.2, 0.25) is 5.91 Å². The maximum absolute atomic E-state index is 12.9. The molecule has 2 fully saturated rings. The van der Waals surface area contributed by atoms with Gasteiger partial charge in [-0.2, -0.15) is 5.10 Å². The molecule has 0 saturated carbocycles. The van der Waals surface area contributed by atoms with Crippen LogP contribution in [0.4, 0.5) is 5.69 Å². The summed E-state index contributed by atoms with van der Waals surface area (Å²) < 4.78 is 1.90. The molecule has 3 aromatic heterocycles. The van der Waals surface area contributed by atoms with E-state index in [9.17, 15) is 4.79 Å². The maximum atomic E-state index is 12.9. The first kappa shape index (κ1) is 18.1. The van der Waals surface area contributed by atoms with Gasteiger partial charge in [0.15, 0.2) is 5.65 Å². The van der Waals surface area contributed by atoms with E-state index in [4.69, 9.17) is 0 Å². The zero-order chi connectivity index (χ0) is 19.8. The topological polar surface area (TPSA) is 66.6 Å². The summed E-state index contributed by atoms with van der Waals surface area (Å²) in [6.45, 7) is 4.66. The Labute approximate surface area is 170 Å². The number of amides is 1. The molecule has 5 heterocycles. The standard InChI is InChI=1S/C22H26N6O/c1-16-12-19(8-9-23-16)26-10-11-27-20(14-26)13-17(22(27)29)4-2-5-18-6-3-7-21-24-15-25-28(18)21/h3,6-9,12,15,17,20H,2,4-5,10-11,13-14H2,1H3/t17-,20-/m0/s1. The lowest BCUT2D eigenvalue weighted by Crippen LogP contribution is -2.51. The predicted octanol–water partition coefficient (Wildman–Crippen LogP) is 2.49. The molecule has 7 nitrogen and oxygen atoms in total. The lowest BCUT2D eigenvalue weighted by atomic mass is 9.97. The third kappa shape index (κ3) is 3.45. The van der Waals surface area contributed by atoms with E-state index in [0.717, 1.165) is 62.4 Å².